The Morgan fingerprint density at radius 2 is 2.00 bits per heavy atom. The van der Waals surface area contributed by atoms with Gasteiger partial charge in [0.05, 0.1) is 22.4 Å². The van der Waals surface area contributed by atoms with Crippen LogP contribution in [0.3, 0.4) is 0 Å². The predicted molar refractivity (Wildman–Crippen MR) is 33.3 cm³/mol. The average Bonchev–Trinajstić information content (AvgIpc) is 1.78. The quantitative estimate of drug-likeness (QED) is 0.422. The van der Waals surface area contributed by atoms with Crippen LogP contribution >= 0.6 is 0 Å². The Morgan fingerprint density at radius 1 is 1.40 bits per heavy atom. The highest BCUT2D eigenvalue weighted by atomic mass is 32.2. The molecule has 0 atom stereocenters. The second-order valence-corrected chi connectivity index (χ2v) is 2.97. The molecule has 0 aromatic carbocycles. The number of nitrogens with two attached hydrogens (primary N) is 1. The van der Waals surface area contributed by atoms with Gasteiger partial charge in [0.2, 0.25) is 0 Å². The van der Waals surface area contributed by atoms with Crippen molar-refractivity contribution in [1.29, 1.82) is 0 Å². The summed E-state index contributed by atoms with van der Waals surface area (Å²) in [5.41, 5.74) is 4.89. The SMILES string of the molecule is NCN=NCCS(=O)(=O)[O-]. The molecule has 7 heteroatoms. The molecule has 0 rings (SSSR count). The standard InChI is InChI=1S/C3H9N3O3S/c4-3-6-5-1-2-10(7,8)9/h1-4H2,(H,7,8,9)/p-1. The molecule has 60 valence electrons. The van der Waals surface area contributed by atoms with E-state index >= 15 is 0 Å². The molecule has 0 saturated carbocycles. The highest BCUT2D eigenvalue weighted by Gasteiger charge is 1.91. The highest BCUT2D eigenvalue weighted by molar-refractivity contribution is 7.85. The van der Waals surface area contributed by atoms with Crippen molar-refractivity contribution in [1.82, 2.24) is 0 Å². The maximum Gasteiger partial charge on any atom is 0.107 e. The molecule has 10 heavy (non-hydrogen) atoms. The summed E-state index contributed by atoms with van der Waals surface area (Å²) in [7, 11) is -4.15. The van der Waals surface area contributed by atoms with Crippen molar-refractivity contribution in [2.45, 2.75) is 0 Å². The predicted octanol–water partition coefficient (Wildman–Crippen LogP) is -1.10. The van der Waals surface area contributed by atoms with E-state index in [0.717, 1.165) is 0 Å². The van der Waals surface area contributed by atoms with Crippen LogP contribution in [0.5, 0.6) is 0 Å². The van der Waals surface area contributed by atoms with Gasteiger partial charge in [0.1, 0.15) is 6.67 Å². The third-order valence-corrected chi connectivity index (χ3v) is 1.31. The van der Waals surface area contributed by atoms with Gasteiger partial charge in [-0.1, -0.05) is 0 Å². The summed E-state index contributed by atoms with van der Waals surface area (Å²) >= 11 is 0. The molecule has 2 N–H and O–H groups in total. The summed E-state index contributed by atoms with van der Waals surface area (Å²) in [6.45, 7) is -0.0953. The Kier molecular flexibility index (Phi) is 4.08. The highest BCUT2D eigenvalue weighted by Crippen LogP contribution is 1.82. The first-order chi connectivity index (χ1) is 4.56. The third kappa shape index (κ3) is 7.47. The van der Waals surface area contributed by atoms with E-state index < -0.39 is 15.9 Å². The van der Waals surface area contributed by atoms with Crippen molar-refractivity contribution in [3.8, 4) is 0 Å². The van der Waals surface area contributed by atoms with E-state index in [4.69, 9.17) is 5.73 Å². The van der Waals surface area contributed by atoms with Crippen LogP contribution < -0.4 is 5.73 Å². The Morgan fingerprint density at radius 3 is 2.40 bits per heavy atom. The lowest BCUT2D eigenvalue weighted by Crippen LogP contribution is -2.06. The van der Waals surface area contributed by atoms with Gasteiger partial charge in [0, 0.05) is 0 Å². The van der Waals surface area contributed by atoms with E-state index in [9.17, 15) is 13.0 Å². The van der Waals surface area contributed by atoms with Crippen molar-refractivity contribution >= 4 is 10.1 Å². The van der Waals surface area contributed by atoms with Crippen molar-refractivity contribution in [2.24, 2.45) is 16.0 Å². The molecule has 6 nitrogen and oxygen atoms in total. The van der Waals surface area contributed by atoms with Gasteiger partial charge in [0.15, 0.2) is 0 Å². The molecule has 0 saturated heterocycles. The minimum atomic E-state index is -4.15. The van der Waals surface area contributed by atoms with Crippen LogP contribution in [0.15, 0.2) is 10.2 Å². The monoisotopic (exact) mass is 166 g/mol. The van der Waals surface area contributed by atoms with Gasteiger partial charge in [-0.05, 0) is 0 Å². The number of azo groups is 1. The zero-order valence-electron chi connectivity index (χ0n) is 5.23. The fraction of sp³-hybridized carbons (Fsp3) is 1.00. The molecule has 0 aliphatic rings. The molecule has 0 heterocycles. The fourth-order valence-corrected chi connectivity index (χ4v) is 0.586. The Hall–Kier alpha value is -0.530. The maximum atomic E-state index is 9.91. The summed E-state index contributed by atoms with van der Waals surface area (Å²) in [4.78, 5) is 0. The average molecular weight is 166 g/mol. The van der Waals surface area contributed by atoms with Gasteiger partial charge in [-0.3, -0.25) is 0 Å². The van der Waals surface area contributed by atoms with Gasteiger partial charge < -0.3 is 10.3 Å². The lowest BCUT2D eigenvalue weighted by atomic mass is 10.8. The van der Waals surface area contributed by atoms with Crippen molar-refractivity contribution in [2.75, 3.05) is 19.0 Å². The van der Waals surface area contributed by atoms with Crippen LogP contribution in [-0.4, -0.2) is 31.9 Å². The molecule has 0 aromatic heterocycles. The summed E-state index contributed by atoms with van der Waals surface area (Å²) in [5.74, 6) is -0.517. The van der Waals surface area contributed by atoms with Gasteiger partial charge in [-0.25, -0.2) is 8.42 Å². The largest absolute Gasteiger partial charge is 0.748 e. The Bertz CT molecular complexity index is 197. The minimum absolute atomic E-state index is 0.0128. The summed E-state index contributed by atoms with van der Waals surface area (Å²) in [5, 5.41) is 6.57. The van der Waals surface area contributed by atoms with Crippen LogP contribution in [0.2, 0.25) is 0 Å². The number of hydrogen-bond donors (Lipinski definition) is 1. The molecule has 0 aromatic rings. The van der Waals surface area contributed by atoms with E-state index in [1.165, 1.54) is 0 Å². The molecule has 0 aliphatic carbocycles. The van der Waals surface area contributed by atoms with Gasteiger partial charge >= 0.3 is 0 Å². The summed E-state index contributed by atoms with van der Waals surface area (Å²) < 4.78 is 29.7. The van der Waals surface area contributed by atoms with E-state index in [1.807, 2.05) is 0 Å². The van der Waals surface area contributed by atoms with Gasteiger partial charge in [-0.2, -0.15) is 10.2 Å². The van der Waals surface area contributed by atoms with Gasteiger partial charge in [0.25, 0.3) is 0 Å². The topological polar surface area (TPSA) is 108 Å². The Balaban J connectivity index is 3.48. The molecular formula is C3H8N3O3S-. The van der Waals surface area contributed by atoms with E-state index in [1.54, 1.807) is 0 Å². The van der Waals surface area contributed by atoms with E-state index in [2.05, 4.69) is 10.2 Å². The molecular weight excluding hydrogens is 158 g/mol. The zero-order valence-corrected chi connectivity index (χ0v) is 6.04. The van der Waals surface area contributed by atoms with Crippen LogP contribution in [0.4, 0.5) is 0 Å². The van der Waals surface area contributed by atoms with Crippen LogP contribution in [0, 0.1) is 0 Å². The fourth-order valence-electron chi connectivity index (χ4n) is 0.281. The lowest BCUT2D eigenvalue weighted by Gasteiger charge is -2.01. The molecule has 0 radical (unpaired) electrons. The normalized spacial score (nSPS) is 12.6. The van der Waals surface area contributed by atoms with Crippen molar-refractivity contribution < 1.29 is 13.0 Å². The first kappa shape index (κ1) is 9.47. The van der Waals surface area contributed by atoms with Crippen LogP contribution in [0.1, 0.15) is 0 Å². The van der Waals surface area contributed by atoms with Crippen LogP contribution in [-0.2, 0) is 10.1 Å². The molecule has 0 fully saturated rings. The summed E-state index contributed by atoms with van der Waals surface area (Å²) in [6, 6.07) is 0. The van der Waals surface area contributed by atoms with E-state index in [0.29, 0.717) is 0 Å². The Labute approximate surface area is 58.9 Å². The molecule has 0 aliphatic heterocycles. The van der Waals surface area contributed by atoms with Crippen LogP contribution in [0.25, 0.3) is 0 Å². The number of hydrogen-bond acceptors (Lipinski definition) is 6. The maximum absolute atomic E-state index is 9.91. The summed E-state index contributed by atoms with van der Waals surface area (Å²) in [6.07, 6.45) is 0. The van der Waals surface area contributed by atoms with Gasteiger partial charge in [-0.15, -0.1) is 0 Å². The second kappa shape index (κ2) is 4.31. The minimum Gasteiger partial charge on any atom is -0.748 e. The molecule has 0 unspecified atom stereocenters. The first-order valence-electron chi connectivity index (χ1n) is 2.53. The second-order valence-electron chi connectivity index (χ2n) is 1.45. The number of nitrogens with zero attached hydrogens (tertiary/aromatic N) is 2. The lowest BCUT2D eigenvalue weighted by molar-refractivity contribution is 0.463. The van der Waals surface area contributed by atoms with Crippen molar-refractivity contribution in [3.63, 3.8) is 0 Å². The van der Waals surface area contributed by atoms with Crippen molar-refractivity contribution in [3.05, 3.63) is 0 Å². The first-order valence-corrected chi connectivity index (χ1v) is 4.11. The smallest absolute Gasteiger partial charge is 0.107 e. The number of rotatable bonds is 4. The molecule has 0 bridgehead atoms. The third-order valence-electron chi connectivity index (χ3n) is 0.623. The van der Waals surface area contributed by atoms with E-state index in [-0.39, 0.29) is 13.2 Å². The zero-order chi connectivity index (χ0) is 8.04. The molecule has 0 spiro atoms. The molecule has 0 amide bonds.